The first-order chi connectivity index (χ1) is 14.5. The Hall–Kier alpha value is -2.73. The van der Waals surface area contributed by atoms with Gasteiger partial charge in [-0.25, -0.2) is 4.39 Å². The van der Waals surface area contributed by atoms with Gasteiger partial charge in [0.2, 0.25) is 5.91 Å². The van der Waals surface area contributed by atoms with Gasteiger partial charge in [0.25, 0.3) is 0 Å². The first kappa shape index (κ1) is 19.2. The molecule has 0 aliphatic heterocycles. The maximum atomic E-state index is 13.6. The number of amides is 1. The van der Waals surface area contributed by atoms with E-state index in [0.29, 0.717) is 39.4 Å². The van der Waals surface area contributed by atoms with E-state index in [1.165, 1.54) is 12.1 Å². The van der Waals surface area contributed by atoms with Crippen LogP contribution in [0.3, 0.4) is 0 Å². The minimum atomic E-state index is -0.324. The summed E-state index contributed by atoms with van der Waals surface area (Å²) in [4.78, 5) is 12.6. The predicted octanol–water partition coefficient (Wildman–Crippen LogP) is 5.10. The third-order valence-electron chi connectivity index (χ3n) is 6.43. The van der Waals surface area contributed by atoms with E-state index in [1.54, 1.807) is 36.5 Å². The van der Waals surface area contributed by atoms with E-state index in [1.807, 2.05) is 6.92 Å². The molecule has 0 saturated heterocycles. The van der Waals surface area contributed by atoms with Gasteiger partial charge in [0.15, 0.2) is 0 Å². The summed E-state index contributed by atoms with van der Waals surface area (Å²) in [7, 11) is 0. The number of carbonyl (C=O) groups excluding carboxylic acids is 1. The van der Waals surface area contributed by atoms with Crippen molar-refractivity contribution >= 4 is 34.1 Å². The number of hydrogen-bond acceptors (Lipinski definition) is 4. The van der Waals surface area contributed by atoms with E-state index in [4.69, 9.17) is 16.3 Å². The van der Waals surface area contributed by atoms with Gasteiger partial charge in [-0.05, 0) is 73.1 Å². The smallest absolute Gasteiger partial charge is 0.227 e. The van der Waals surface area contributed by atoms with E-state index in [9.17, 15) is 9.18 Å². The zero-order valence-corrected chi connectivity index (χ0v) is 17.1. The first-order valence-electron chi connectivity index (χ1n) is 10.1. The van der Waals surface area contributed by atoms with Gasteiger partial charge in [-0.1, -0.05) is 18.5 Å². The number of anilines is 1. The highest BCUT2D eigenvalue weighted by molar-refractivity contribution is 6.30. The molecule has 2 saturated carbocycles. The predicted molar refractivity (Wildman–Crippen MR) is 113 cm³/mol. The Morgan fingerprint density at radius 1 is 1.20 bits per heavy atom. The van der Waals surface area contributed by atoms with Crippen molar-refractivity contribution in [2.45, 2.75) is 25.9 Å². The fourth-order valence-electron chi connectivity index (χ4n) is 4.92. The molecule has 2 fully saturated rings. The Kier molecular flexibility index (Phi) is 4.82. The highest BCUT2D eigenvalue weighted by Gasteiger charge is 2.59. The van der Waals surface area contributed by atoms with Crippen LogP contribution < -0.4 is 10.1 Å². The molecule has 2 aliphatic carbocycles. The number of carbonyl (C=O) groups is 1. The lowest BCUT2D eigenvalue weighted by molar-refractivity contribution is -0.120. The Balaban J connectivity index is 1.20. The Bertz CT molecular complexity index is 1100. The lowest BCUT2D eigenvalue weighted by Crippen LogP contribution is -2.25. The zero-order chi connectivity index (χ0) is 20.8. The molecule has 3 aromatic rings. The fourth-order valence-corrected chi connectivity index (χ4v) is 5.05. The molecule has 154 valence electrons. The molecule has 0 spiro atoms. The van der Waals surface area contributed by atoms with Gasteiger partial charge in [0, 0.05) is 22.0 Å². The molecule has 7 heteroatoms. The maximum Gasteiger partial charge on any atom is 0.227 e. The molecule has 5 rings (SSSR count). The number of hydrogen-bond donors (Lipinski definition) is 1. The molecule has 1 heterocycles. The van der Waals surface area contributed by atoms with Crippen molar-refractivity contribution in [1.82, 2.24) is 10.2 Å². The Labute approximate surface area is 178 Å². The van der Waals surface area contributed by atoms with Crippen molar-refractivity contribution in [3.05, 3.63) is 59.5 Å². The molecule has 2 aliphatic rings. The summed E-state index contributed by atoms with van der Waals surface area (Å²) in [5.74, 6) is 1.56. The average Bonchev–Trinajstić information content (AvgIpc) is 3.24. The molecule has 3 unspecified atom stereocenters. The van der Waals surface area contributed by atoms with Crippen LogP contribution in [0.15, 0.2) is 48.7 Å². The third kappa shape index (κ3) is 3.60. The van der Waals surface area contributed by atoms with Crippen molar-refractivity contribution in [3.63, 3.8) is 0 Å². The quantitative estimate of drug-likeness (QED) is 0.617. The monoisotopic (exact) mass is 425 g/mol. The highest BCUT2D eigenvalue weighted by Crippen LogP contribution is 2.61. The maximum absolute atomic E-state index is 13.6. The van der Waals surface area contributed by atoms with E-state index < -0.39 is 0 Å². The summed E-state index contributed by atoms with van der Waals surface area (Å²) in [6.45, 7) is 1.99. The van der Waals surface area contributed by atoms with Gasteiger partial charge in [-0.15, -0.1) is 0 Å². The molecular weight excluding hydrogens is 405 g/mol. The number of aromatic nitrogens is 2. The number of ether oxygens (including phenoxy) is 1. The number of benzene rings is 2. The molecule has 1 amide bonds. The molecular formula is C23H21ClFN3O2. The molecule has 2 aromatic carbocycles. The van der Waals surface area contributed by atoms with Crippen LogP contribution >= 0.6 is 11.6 Å². The normalized spacial score (nSPS) is 25.6. The second kappa shape index (κ2) is 7.51. The number of fused-ring (bicyclic) bond motifs is 2. The molecule has 0 bridgehead atoms. The third-order valence-corrected chi connectivity index (χ3v) is 6.68. The summed E-state index contributed by atoms with van der Waals surface area (Å²) < 4.78 is 19.8. The summed E-state index contributed by atoms with van der Waals surface area (Å²) in [6, 6.07) is 11.5. The van der Waals surface area contributed by atoms with Gasteiger partial charge in [-0.3, -0.25) is 4.79 Å². The fraction of sp³-hybridized carbons (Fsp3) is 0.348. The van der Waals surface area contributed by atoms with Crippen LogP contribution in [-0.2, 0) is 4.79 Å². The summed E-state index contributed by atoms with van der Waals surface area (Å²) in [6.07, 6.45) is 3.39. The van der Waals surface area contributed by atoms with Crippen molar-refractivity contribution < 1.29 is 13.9 Å². The topological polar surface area (TPSA) is 64.1 Å². The van der Waals surface area contributed by atoms with E-state index in [0.717, 1.165) is 18.5 Å². The van der Waals surface area contributed by atoms with Crippen molar-refractivity contribution in [3.8, 4) is 5.75 Å². The molecule has 1 N–H and O–H groups in total. The van der Waals surface area contributed by atoms with Gasteiger partial charge in [-0.2, -0.15) is 10.2 Å². The average molecular weight is 426 g/mol. The Morgan fingerprint density at radius 2 is 1.93 bits per heavy atom. The van der Waals surface area contributed by atoms with Crippen molar-refractivity contribution in [2.24, 2.45) is 23.7 Å². The van der Waals surface area contributed by atoms with Gasteiger partial charge in [0.1, 0.15) is 11.6 Å². The summed E-state index contributed by atoms with van der Waals surface area (Å²) >= 11 is 5.90. The van der Waals surface area contributed by atoms with Crippen molar-refractivity contribution in [1.29, 1.82) is 0 Å². The highest BCUT2D eigenvalue weighted by atomic mass is 35.5. The van der Waals surface area contributed by atoms with Crippen LogP contribution in [0, 0.1) is 29.5 Å². The minimum Gasteiger partial charge on any atom is -0.488 e. The van der Waals surface area contributed by atoms with Crippen LogP contribution in [0.5, 0.6) is 5.75 Å². The number of halogens is 2. The second-order valence-corrected chi connectivity index (χ2v) is 8.71. The zero-order valence-electron chi connectivity index (χ0n) is 16.4. The molecule has 3 atom stereocenters. The minimum absolute atomic E-state index is 0.0361. The van der Waals surface area contributed by atoms with E-state index >= 15 is 0 Å². The van der Waals surface area contributed by atoms with Crippen LogP contribution in [0.2, 0.25) is 5.02 Å². The second-order valence-electron chi connectivity index (χ2n) is 8.27. The van der Waals surface area contributed by atoms with E-state index in [2.05, 4.69) is 15.5 Å². The van der Waals surface area contributed by atoms with Crippen LogP contribution in [0.1, 0.15) is 19.8 Å². The molecule has 0 radical (unpaired) electrons. The summed E-state index contributed by atoms with van der Waals surface area (Å²) in [5.41, 5.74) is 1.37. The molecule has 5 nitrogen and oxygen atoms in total. The number of rotatable bonds is 5. The van der Waals surface area contributed by atoms with Gasteiger partial charge < -0.3 is 10.1 Å². The standard InChI is InChI=1S/C23H21ClFN3O2/c1-12(23(29)27-15-5-2-13(24)3-6-15)22-17-9-16(10-18(17)22)30-21-11-26-28-20-7-4-14(25)8-19(20)21/h2-8,11-12,16-18,22H,9-10H2,1H3,(H,27,29). The van der Waals surface area contributed by atoms with Crippen LogP contribution in [0.25, 0.3) is 10.9 Å². The number of nitrogens with one attached hydrogen (secondary N) is 1. The largest absolute Gasteiger partial charge is 0.488 e. The van der Waals surface area contributed by atoms with Gasteiger partial charge >= 0.3 is 0 Å². The number of nitrogens with zero attached hydrogens (tertiary/aromatic N) is 2. The lowest BCUT2D eigenvalue weighted by Gasteiger charge is -2.20. The lowest BCUT2D eigenvalue weighted by atomic mass is 9.97. The van der Waals surface area contributed by atoms with Crippen molar-refractivity contribution in [2.75, 3.05) is 5.32 Å². The van der Waals surface area contributed by atoms with Gasteiger partial charge in [0.05, 0.1) is 17.8 Å². The first-order valence-corrected chi connectivity index (χ1v) is 10.5. The van der Waals surface area contributed by atoms with E-state index in [-0.39, 0.29) is 23.7 Å². The molecule has 30 heavy (non-hydrogen) atoms. The Morgan fingerprint density at radius 3 is 2.67 bits per heavy atom. The van der Waals surface area contributed by atoms with Crippen LogP contribution in [-0.4, -0.2) is 22.2 Å². The molecule has 1 aromatic heterocycles. The SMILES string of the molecule is CC(C(=O)Nc1ccc(Cl)cc1)C1C2CC(Oc3cnnc4ccc(F)cc34)CC21. The van der Waals surface area contributed by atoms with Crippen LogP contribution in [0.4, 0.5) is 10.1 Å². The summed E-state index contributed by atoms with van der Waals surface area (Å²) in [5, 5.41) is 12.3.